The van der Waals surface area contributed by atoms with E-state index in [1.165, 1.54) is 25.5 Å². The molecule has 0 bridgehead atoms. The highest BCUT2D eigenvalue weighted by Gasteiger charge is 2.37. The number of hydrogen-bond donors (Lipinski definition) is 1. The van der Waals surface area contributed by atoms with Gasteiger partial charge in [0.2, 0.25) is 0 Å². The molecule has 6 heteroatoms. The van der Waals surface area contributed by atoms with Crippen molar-refractivity contribution in [1.29, 1.82) is 5.26 Å². The third-order valence-corrected chi connectivity index (χ3v) is 4.27. The highest BCUT2D eigenvalue weighted by molar-refractivity contribution is 5.59. The number of nitrogens with zero attached hydrogens (tertiary/aromatic N) is 3. The third kappa shape index (κ3) is 2.21. The molecule has 1 N–H and O–H groups in total. The summed E-state index contributed by atoms with van der Waals surface area (Å²) in [5, 5.41) is 23.3. The molecule has 2 aliphatic rings. The van der Waals surface area contributed by atoms with Crippen LogP contribution in [0.3, 0.4) is 0 Å². The normalized spacial score (nSPS) is 25.1. The zero-order valence-electron chi connectivity index (χ0n) is 11.1. The Bertz CT molecular complexity index is 581. The number of rotatable bonds is 3. The van der Waals surface area contributed by atoms with Gasteiger partial charge in [0.25, 0.3) is 5.69 Å². The summed E-state index contributed by atoms with van der Waals surface area (Å²) in [4.78, 5) is 12.8. The first-order valence-corrected chi connectivity index (χ1v) is 6.88. The Morgan fingerprint density at radius 3 is 3.00 bits per heavy atom. The van der Waals surface area contributed by atoms with E-state index >= 15 is 0 Å². The van der Waals surface area contributed by atoms with E-state index in [4.69, 9.17) is 5.26 Å². The molecule has 1 aromatic rings. The van der Waals surface area contributed by atoms with E-state index in [1.54, 1.807) is 12.1 Å². The predicted octanol–water partition coefficient (Wildman–Crippen LogP) is 2.12. The summed E-state index contributed by atoms with van der Waals surface area (Å²) in [5.41, 5.74) is 0.777. The molecule has 3 rings (SSSR count). The number of nitro groups is 1. The summed E-state index contributed by atoms with van der Waals surface area (Å²) in [6.45, 7) is 2.28. The van der Waals surface area contributed by atoms with Crippen LogP contribution >= 0.6 is 0 Å². The Morgan fingerprint density at radius 1 is 1.40 bits per heavy atom. The number of nitriles is 1. The summed E-state index contributed by atoms with van der Waals surface area (Å²) in [6, 6.07) is 7.52. The van der Waals surface area contributed by atoms with Crippen molar-refractivity contribution in [2.75, 3.05) is 18.4 Å². The lowest BCUT2D eigenvalue weighted by atomic mass is 10.1. The van der Waals surface area contributed by atoms with Crippen molar-refractivity contribution >= 4 is 11.4 Å². The van der Waals surface area contributed by atoms with Crippen molar-refractivity contribution in [2.24, 2.45) is 0 Å². The van der Waals surface area contributed by atoms with Gasteiger partial charge in [-0.3, -0.25) is 15.0 Å². The molecule has 2 unspecified atom stereocenters. The first-order chi connectivity index (χ1) is 9.69. The molecule has 2 aliphatic heterocycles. The fraction of sp³-hybridized carbons (Fsp3) is 0.500. The summed E-state index contributed by atoms with van der Waals surface area (Å²) >= 11 is 0. The Kier molecular flexibility index (Phi) is 3.28. The van der Waals surface area contributed by atoms with Gasteiger partial charge in [0.05, 0.1) is 4.92 Å². The number of nitrogens with one attached hydrogen (secondary N) is 1. The fourth-order valence-electron chi connectivity index (χ4n) is 3.34. The van der Waals surface area contributed by atoms with Crippen LogP contribution in [0.1, 0.15) is 24.8 Å². The quantitative estimate of drug-likeness (QED) is 0.673. The van der Waals surface area contributed by atoms with Crippen LogP contribution in [0.4, 0.5) is 11.4 Å². The summed E-state index contributed by atoms with van der Waals surface area (Å²) in [5.74, 6) is 0. The summed E-state index contributed by atoms with van der Waals surface area (Å²) < 4.78 is 0. The Balaban J connectivity index is 1.78. The Labute approximate surface area is 117 Å². The second-order valence-corrected chi connectivity index (χ2v) is 5.39. The van der Waals surface area contributed by atoms with Gasteiger partial charge in [-0.2, -0.15) is 5.26 Å². The summed E-state index contributed by atoms with van der Waals surface area (Å²) in [7, 11) is 0. The van der Waals surface area contributed by atoms with Crippen LogP contribution in [0.2, 0.25) is 0 Å². The fourth-order valence-corrected chi connectivity index (χ4v) is 3.34. The first-order valence-electron chi connectivity index (χ1n) is 6.88. The standard InChI is InChI=1S/C14H16N4O2/c15-9-10-8-11(3-4-13(10)18(19)20)16-12-5-7-17-6-1-2-14(12)17/h3-4,8,12,14,16H,1-2,5-7H2. The molecule has 2 saturated heterocycles. The largest absolute Gasteiger partial charge is 0.381 e. The number of anilines is 1. The smallest absolute Gasteiger partial charge is 0.287 e. The molecule has 1 aromatic carbocycles. The van der Waals surface area contributed by atoms with E-state index in [-0.39, 0.29) is 11.3 Å². The minimum Gasteiger partial charge on any atom is -0.381 e. The van der Waals surface area contributed by atoms with Gasteiger partial charge in [-0.1, -0.05) is 0 Å². The molecule has 0 aliphatic carbocycles. The maximum Gasteiger partial charge on any atom is 0.287 e. The highest BCUT2D eigenvalue weighted by Crippen LogP contribution is 2.31. The van der Waals surface area contributed by atoms with Crippen molar-refractivity contribution in [1.82, 2.24) is 4.90 Å². The molecule has 104 valence electrons. The maximum atomic E-state index is 10.8. The van der Waals surface area contributed by atoms with Crippen molar-refractivity contribution in [3.8, 4) is 6.07 Å². The lowest BCUT2D eigenvalue weighted by Crippen LogP contribution is -2.33. The van der Waals surface area contributed by atoms with Gasteiger partial charge in [0.1, 0.15) is 11.6 Å². The van der Waals surface area contributed by atoms with E-state index in [1.807, 2.05) is 6.07 Å². The molecule has 0 radical (unpaired) electrons. The molecule has 2 fully saturated rings. The topological polar surface area (TPSA) is 82.2 Å². The zero-order valence-corrected chi connectivity index (χ0v) is 11.1. The minimum atomic E-state index is -0.517. The second-order valence-electron chi connectivity index (χ2n) is 5.39. The van der Waals surface area contributed by atoms with Gasteiger partial charge in [-0.05, 0) is 37.9 Å². The molecular formula is C14H16N4O2. The Hall–Kier alpha value is -2.13. The third-order valence-electron chi connectivity index (χ3n) is 4.27. The number of fused-ring (bicyclic) bond motifs is 1. The van der Waals surface area contributed by atoms with Gasteiger partial charge in [0, 0.05) is 30.4 Å². The van der Waals surface area contributed by atoms with Crippen LogP contribution in [0.5, 0.6) is 0 Å². The molecule has 0 spiro atoms. The number of benzene rings is 1. The molecule has 2 heterocycles. The number of nitro benzene ring substituents is 1. The predicted molar refractivity (Wildman–Crippen MR) is 74.4 cm³/mol. The molecule has 0 amide bonds. The van der Waals surface area contributed by atoms with Crippen LogP contribution < -0.4 is 5.32 Å². The molecule has 0 aromatic heterocycles. The second kappa shape index (κ2) is 5.10. The van der Waals surface area contributed by atoms with E-state index in [2.05, 4.69) is 10.2 Å². The minimum absolute atomic E-state index is 0.112. The first kappa shape index (κ1) is 12.9. The van der Waals surface area contributed by atoms with Crippen molar-refractivity contribution in [2.45, 2.75) is 31.3 Å². The maximum absolute atomic E-state index is 10.8. The van der Waals surface area contributed by atoms with Crippen LogP contribution in [-0.2, 0) is 0 Å². The van der Waals surface area contributed by atoms with Crippen molar-refractivity contribution in [3.63, 3.8) is 0 Å². The van der Waals surface area contributed by atoms with Crippen molar-refractivity contribution < 1.29 is 4.92 Å². The van der Waals surface area contributed by atoms with Gasteiger partial charge in [-0.25, -0.2) is 0 Å². The zero-order chi connectivity index (χ0) is 14.1. The van der Waals surface area contributed by atoms with Crippen LogP contribution in [-0.4, -0.2) is 35.0 Å². The van der Waals surface area contributed by atoms with Gasteiger partial charge >= 0.3 is 0 Å². The van der Waals surface area contributed by atoms with Crippen molar-refractivity contribution in [3.05, 3.63) is 33.9 Å². The lowest BCUT2D eigenvalue weighted by Gasteiger charge is -2.22. The van der Waals surface area contributed by atoms with E-state index < -0.39 is 4.92 Å². The summed E-state index contributed by atoms with van der Waals surface area (Å²) in [6.07, 6.45) is 3.53. The van der Waals surface area contributed by atoms with Crippen LogP contribution in [0, 0.1) is 21.4 Å². The average Bonchev–Trinajstić information content (AvgIpc) is 3.03. The van der Waals surface area contributed by atoms with Gasteiger partial charge in [0.15, 0.2) is 0 Å². The van der Waals surface area contributed by atoms with Crippen LogP contribution in [0.25, 0.3) is 0 Å². The average molecular weight is 272 g/mol. The van der Waals surface area contributed by atoms with E-state index in [0.29, 0.717) is 12.1 Å². The van der Waals surface area contributed by atoms with Gasteiger partial charge in [-0.15, -0.1) is 0 Å². The molecular weight excluding hydrogens is 256 g/mol. The van der Waals surface area contributed by atoms with Crippen LogP contribution in [0.15, 0.2) is 18.2 Å². The van der Waals surface area contributed by atoms with Gasteiger partial charge < -0.3 is 5.32 Å². The monoisotopic (exact) mass is 272 g/mol. The Morgan fingerprint density at radius 2 is 2.25 bits per heavy atom. The molecule has 2 atom stereocenters. The van der Waals surface area contributed by atoms with E-state index in [0.717, 1.165) is 18.7 Å². The molecule has 20 heavy (non-hydrogen) atoms. The SMILES string of the molecule is N#Cc1cc(NC2CCN3CCCC23)ccc1[N+](=O)[O-]. The van der Waals surface area contributed by atoms with E-state index in [9.17, 15) is 10.1 Å². The highest BCUT2D eigenvalue weighted by atomic mass is 16.6. The number of hydrogen-bond acceptors (Lipinski definition) is 5. The molecule has 0 saturated carbocycles. The molecule has 6 nitrogen and oxygen atoms in total. The lowest BCUT2D eigenvalue weighted by molar-refractivity contribution is -0.385.